The quantitative estimate of drug-likeness (QED) is 0.132. The Kier molecular flexibility index (Phi) is 8.70. The van der Waals surface area contributed by atoms with Crippen LogP contribution in [0.15, 0.2) is 152 Å². The number of azo groups is 3. The lowest BCUT2D eigenvalue weighted by Crippen LogP contribution is -2.13. The summed E-state index contributed by atoms with van der Waals surface area (Å²) in [6, 6.07) is 38.9. The normalized spacial score (nSPS) is 12.4. The fourth-order valence-electron chi connectivity index (χ4n) is 4.82. The van der Waals surface area contributed by atoms with Crippen LogP contribution in [0.25, 0.3) is 26.4 Å². The van der Waals surface area contributed by atoms with Crippen molar-refractivity contribution in [3.05, 3.63) is 133 Å². The Morgan fingerprint density at radius 1 is 0.533 bits per heavy atom. The summed E-state index contributed by atoms with van der Waals surface area (Å²) in [5, 5.41) is 34.5. The predicted molar refractivity (Wildman–Crippen MR) is 183 cm³/mol. The smallest absolute Gasteiger partial charge is 0.187 e. The molecular weight excluding hydrogens is 556 g/mol. The number of rotatable bonds is 9. The maximum absolute atomic E-state index is 7.05. The van der Waals surface area contributed by atoms with Crippen LogP contribution in [0.3, 0.4) is 0 Å². The van der Waals surface area contributed by atoms with Gasteiger partial charge in [-0.15, -0.1) is 15.3 Å². The number of hydrogen-bond donors (Lipinski definition) is 1. The first-order chi connectivity index (χ1) is 22.1. The fraction of sp³-hybridized carbons (Fsp3) is 0.108. The van der Waals surface area contributed by atoms with E-state index in [1.807, 2.05) is 78.9 Å². The molecule has 0 amide bonds. The third kappa shape index (κ3) is 6.79. The molecule has 6 rings (SSSR count). The molecule has 1 unspecified atom stereocenters. The van der Waals surface area contributed by atoms with Crippen molar-refractivity contribution in [3.63, 3.8) is 0 Å². The Bertz CT molecular complexity index is 2090. The van der Waals surface area contributed by atoms with Gasteiger partial charge in [0.05, 0.1) is 40.7 Å². The molecule has 0 aliphatic heterocycles. The summed E-state index contributed by atoms with van der Waals surface area (Å²) in [5.41, 5.74) is 6.05. The van der Waals surface area contributed by atoms with E-state index in [-0.39, 0.29) is 0 Å². The van der Waals surface area contributed by atoms with Crippen LogP contribution in [-0.4, -0.2) is 6.04 Å². The number of fused-ring (bicyclic) bond motifs is 2. The standard InChI is InChI=1S/C37H30N8/c1-4-25(2)39-34-21-22-36(31-10-6-5-9-30(31)34)44-45-37-24-23-35(32-11-7-8-12-33(32)37)43-42-29-19-17-28(18-20-29)41-40-27-15-13-26(38-3)14-16-27/h5-25,39H,4H2,1-2H3. The van der Waals surface area contributed by atoms with E-state index >= 15 is 0 Å². The average Bonchev–Trinajstić information content (AvgIpc) is 3.10. The van der Waals surface area contributed by atoms with Crippen molar-refractivity contribution in [2.75, 3.05) is 5.32 Å². The Balaban J connectivity index is 1.22. The van der Waals surface area contributed by atoms with Crippen LogP contribution < -0.4 is 5.32 Å². The first-order valence-electron chi connectivity index (χ1n) is 14.7. The van der Waals surface area contributed by atoms with Crippen LogP contribution in [0.5, 0.6) is 0 Å². The Morgan fingerprint density at radius 2 is 0.933 bits per heavy atom. The highest BCUT2D eigenvalue weighted by Crippen LogP contribution is 2.37. The van der Waals surface area contributed by atoms with E-state index in [2.05, 4.69) is 72.9 Å². The summed E-state index contributed by atoms with van der Waals surface area (Å²) in [6.45, 7) is 11.4. The molecule has 8 nitrogen and oxygen atoms in total. The van der Waals surface area contributed by atoms with Crippen molar-refractivity contribution in [3.8, 4) is 0 Å². The molecule has 6 aromatic carbocycles. The molecule has 8 heteroatoms. The zero-order chi connectivity index (χ0) is 31.0. The molecular formula is C37H30N8. The van der Waals surface area contributed by atoms with Gasteiger partial charge in [-0.3, -0.25) is 0 Å². The number of nitrogens with one attached hydrogen (secondary N) is 1. The van der Waals surface area contributed by atoms with E-state index in [1.54, 1.807) is 24.3 Å². The van der Waals surface area contributed by atoms with Crippen molar-refractivity contribution in [1.29, 1.82) is 0 Å². The van der Waals surface area contributed by atoms with Crippen LogP contribution in [0, 0.1) is 6.57 Å². The van der Waals surface area contributed by atoms with Gasteiger partial charge in [0.2, 0.25) is 0 Å². The third-order valence-electron chi connectivity index (χ3n) is 7.44. The van der Waals surface area contributed by atoms with E-state index in [9.17, 15) is 0 Å². The van der Waals surface area contributed by atoms with E-state index in [4.69, 9.17) is 6.57 Å². The van der Waals surface area contributed by atoms with Crippen molar-refractivity contribution in [2.45, 2.75) is 26.3 Å². The van der Waals surface area contributed by atoms with Gasteiger partial charge in [0, 0.05) is 33.3 Å². The van der Waals surface area contributed by atoms with Crippen LogP contribution in [0.1, 0.15) is 20.3 Å². The molecule has 45 heavy (non-hydrogen) atoms. The van der Waals surface area contributed by atoms with E-state index in [1.165, 1.54) is 0 Å². The van der Waals surface area contributed by atoms with Gasteiger partial charge < -0.3 is 5.32 Å². The second-order valence-electron chi connectivity index (χ2n) is 10.5. The lowest BCUT2D eigenvalue weighted by Gasteiger charge is -2.15. The van der Waals surface area contributed by atoms with Gasteiger partial charge in [0.15, 0.2) is 5.69 Å². The summed E-state index contributed by atoms with van der Waals surface area (Å²) in [7, 11) is 0. The fourth-order valence-corrected chi connectivity index (χ4v) is 4.82. The number of benzene rings is 6. The first-order valence-corrected chi connectivity index (χ1v) is 14.7. The van der Waals surface area contributed by atoms with Gasteiger partial charge in [-0.05, 0) is 74.0 Å². The molecule has 0 aromatic heterocycles. The van der Waals surface area contributed by atoms with Crippen LogP contribution >= 0.6 is 0 Å². The molecule has 1 atom stereocenters. The molecule has 0 saturated heterocycles. The molecule has 1 N–H and O–H groups in total. The molecule has 0 radical (unpaired) electrons. The Labute approximate surface area is 261 Å². The molecule has 6 aromatic rings. The molecule has 0 aliphatic carbocycles. The van der Waals surface area contributed by atoms with Crippen molar-refractivity contribution >= 4 is 67.0 Å². The minimum Gasteiger partial charge on any atom is -0.382 e. The maximum atomic E-state index is 7.05. The van der Waals surface area contributed by atoms with Crippen LogP contribution in [0.4, 0.5) is 45.5 Å². The molecule has 0 heterocycles. The summed E-state index contributed by atoms with van der Waals surface area (Å²) in [4.78, 5) is 3.39. The van der Waals surface area contributed by atoms with Crippen molar-refractivity contribution < 1.29 is 0 Å². The molecule has 0 bridgehead atoms. The molecule has 218 valence electrons. The number of nitrogens with zero attached hydrogens (tertiary/aromatic N) is 7. The summed E-state index contributed by atoms with van der Waals surface area (Å²) in [5.74, 6) is 0. The highest BCUT2D eigenvalue weighted by atomic mass is 15.1. The minimum absolute atomic E-state index is 0.376. The van der Waals surface area contributed by atoms with Crippen molar-refractivity contribution in [2.24, 2.45) is 30.7 Å². The van der Waals surface area contributed by atoms with Gasteiger partial charge in [0.25, 0.3) is 0 Å². The van der Waals surface area contributed by atoms with Gasteiger partial charge in [0.1, 0.15) is 0 Å². The number of hydrogen-bond acceptors (Lipinski definition) is 7. The van der Waals surface area contributed by atoms with Gasteiger partial charge in [-0.1, -0.05) is 67.6 Å². The zero-order valence-corrected chi connectivity index (χ0v) is 25.0. The summed E-state index contributed by atoms with van der Waals surface area (Å²) < 4.78 is 0. The molecule has 0 fully saturated rings. The van der Waals surface area contributed by atoms with Crippen LogP contribution in [0.2, 0.25) is 0 Å². The monoisotopic (exact) mass is 586 g/mol. The Morgan fingerprint density at radius 3 is 1.42 bits per heavy atom. The first kappa shape index (κ1) is 29.0. The predicted octanol–water partition coefficient (Wildman–Crippen LogP) is 13.0. The van der Waals surface area contributed by atoms with Crippen LogP contribution in [-0.2, 0) is 0 Å². The highest BCUT2D eigenvalue weighted by molar-refractivity contribution is 6.01. The van der Waals surface area contributed by atoms with E-state index in [0.717, 1.165) is 50.7 Å². The van der Waals surface area contributed by atoms with E-state index in [0.29, 0.717) is 28.8 Å². The largest absolute Gasteiger partial charge is 0.382 e. The molecule has 0 saturated carbocycles. The van der Waals surface area contributed by atoms with Gasteiger partial charge in [-0.25, -0.2) is 4.85 Å². The zero-order valence-electron chi connectivity index (χ0n) is 25.0. The van der Waals surface area contributed by atoms with Gasteiger partial charge in [-0.2, -0.15) is 15.3 Å². The summed E-state index contributed by atoms with van der Waals surface area (Å²) in [6.07, 6.45) is 1.04. The topological polar surface area (TPSA) is 90.5 Å². The molecule has 0 aliphatic rings. The SMILES string of the molecule is [C-]#[N+]c1ccc(N=Nc2ccc(N=Nc3ccc(N=Nc4ccc(NC(C)CC)c5ccccc45)c4ccccc34)cc2)cc1. The highest BCUT2D eigenvalue weighted by Gasteiger charge is 2.09. The second kappa shape index (κ2) is 13.5. The molecule has 0 spiro atoms. The van der Waals surface area contributed by atoms with Gasteiger partial charge >= 0.3 is 0 Å². The number of anilines is 1. The Hall–Kier alpha value is -6.07. The average molecular weight is 587 g/mol. The summed E-state index contributed by atoms with van der Waals surface area (Å²) >= 11 is 0. The lowest BCUT2D eigenvalue weighted by molar-refractivity contribution is 0.765. The van der Waals surface area contributed by atoms with E-state index < -0.39 is 0 Å². The lowest BCUT2D eigenvalue weighted by atomic mass is 10.1. The maximum Gasteiger partial charge on any atom is 0.187 e. The van der Waals surface area contributed by atoms with Crippen molar-refractivity contribution in [1.82, 2.24) is 0 Å². The third-order valence-corrected chi connectivity index (χ3v) is 7.44. The second-order valence-corrected chi connectivity index (χ2v) is 10.5. The minimum atomic E-state index is 0.376.